The number of benzene rings is 3. The Morgan fingerprint density at radius 1 is 0.906 bits per heavy atom. The van der Waals surface area contributed by atoms with Crippen LogP contribution in [0.4, 0.5) is 11.4 Å². The molecule has 2 amide bonds. The van der Waals surface area contributed by atoms with E-state index in [0.29, 0.717) is 33.6 Å². The molecule has 1 unspecified atom stereocenters. The van der Waals surface area contributed by atoms with Crippen molar-refractivity contribution in [1.29, 1.82) is 0 Å². The van der Waals surface area contributed by atoms with E-state index < -0.39 is 0 Å². The van der Waals surface area contributed by atoms with Crippen LogP contribution in [0.2, 0.25) is 0 Å². The highest BCUT2D eigenvalue weighted by Gasteiger charge is 2.17. The zero-order valence-corrected chi connectivity index (χ0v) is 18.9. The molecule has 1 saturated heterocycles. The maximum atomic E-state index is 12.9. The van der Waals surface area contributed by atoms with Gasteiger partial charge in [0, 0.05) is 16.8 Å². The smallest absolute Gasteiger partial charge is 0.257 e. The number of carbonyl (C=O) groups excluding carboxylic acids is 2. The predicted octanol–water partition coefficient (Wildman–Crippen LogP) is 5.51. The second-order valence-corrected chi connectivity index (χ2v) is 8.26. The minimum atomic E-state index is -0.318. The number of hydrogen-bond acceptors (Lipinski definition) is 4. The molecule has 0 spiro atoms. The highest BCUT2D eigenvalue weighted by atomic mass is 79.9. The van der Waals surface area contributed by atoms with Crippen LogP contribution in [-0.4, -0.2) is 31.1 Å². The maximum absolute atomic E-state index is 12.9. The average molecular weight is 495 g/mol. The van der Waals surface area contributed by atoms with Crippen molar-refractivity contribution < 1.29 is 19.1 Å². The molecule has 3 aromatic rings. The molecule has 6 nitrogen and oxygen atoms in total. The molecule has 0 aliphatic carbocycles. The summed E-state index contributed by atoms with van der Waals surface area (Å²) in [6, 6.07) is 21.2. The van der Waals surface area contributed by atoms with Crippen LogP contribution in [0.15, 0.2) is 77.3 Å². The van der Waals surface area contributed by atoms with Crippen molar-refractivity contribution in [3.8, 4) is 5.75 Å². The van der Waals surface area contributed by atoms with Crippen LogP contribution in [0.5, 0.6) is 5.75 Å². The van der Waals surface area contributed by atoms with Gasteiger partial charge in [0.15, 0.2) is 0 Å². The third-order valence-corrected chi connectivity index (χ3v) is 5.80. The average Bonchev–Trinajstić information content (AvgIpc) is 3.33. The topological polar surface area (TPSA) is 76.7 Å². The van der Waals surface area contributed by atoms with Crippen LogP contribution in [0, 0.1) is 0 Å². The summed E-state index contributed by atoms with van der Waals surface area (Å²) in [6.07, 6.45) is 2.24. The van der Waals surface area contributed by atoms with E-state index in [1.807, 2.05) is 18.2 Å². The molecule has 4 rings (SSSR count). The van der Waals surface area contributed by atoms with Crippen molar-refractivity contribution in [2.75, 3.05) is 23.8 Å². The van der Waals surface area contributed by atoms with Gasteiger partial charge in [0.25, 0.3) is 11.8 Å². The Morgan fingerprint density at radius 3 is 2.31 bits per heavy atom. The summed E-state index contributed by atoms with van der Waals surface area (Å²) in [4.78, 5) is 25.6. The Labute approximate surface area is 195 Å². The monoisotopic (exact) mass is 494 g/mol. The minimum Gasteiger partial charge on any atom is -0.491 e. The van der Waals surface area contributed by atoms with Gasteiger partial charge in [0.1, 0.15) is 12.4 Å². The Bertz CT molecular complexity index is 1100. The SMILES string of the molecule is O=C(Nc1ccccc1C(=O)Nc1ccc(OCC2CCCO2)cc1)c1ccccc1Br. The molecule has 2 N–H and O–H groups in total. The lowest BCUT2D eigenvalue weighted by Crippen LogP contribution is -2.18. The molecular formula is C25H23BrN2O4. The summed E-state index contributed by atoms with van der Waals surface area (Å²) in [7, 11) is 0. The number of hydrogen-bond donors (Lipinski definition) is 2. The van der Waals surface area contributed by atoms with E-state index in [1.54, 1.807) is 54.6 Å². The van der Waals surface area contributed by atoms with Crippen molar-refractivity contribution in [2.45, 2.75) is 18.9 Å². The van der Waals surface area contributed by atoms with Gasteiger partial charge >= 0.3 is 0 Å². The summed E-state index contributed by atoms with van der Waals surface area (Å²) in [5, 5.41) is 5.69. The lowest BCUT2D eigenvalue weighted by Gasteiger charge is -2.13. The van der Waals surface area contributed by atoms with Gasteiger partial charge in [-0.25, -0.2) is 0 Å². The lowest BCUT2D eigenvalue weighted by molar-refractivity contribution is 0.0679. The Morgan fingerprint density at radius 2 is 1.59 bits per heavy atom. The third-order valence-electron chi connectivity index (χ3n) is 5.11. The summed E-state index contributed by atoms with van der Waals surface area (Å²) in [5.74, 6) is 0.103. The first-order valence-electron chi connectivity index (χ1n) is 10.4. The molecule has 1 atom stereocenters. The molecule has 0 saturated carbocycles. The van der Waals surface area contributed by atoms with Crippen LogP contribution >= 0.6 is 15.9 Å². The van der Waals surface area contributed by atoms with Crippen LogP contribution in [0.3, 0.4) is 0 Å². The number of rotatable bonds is 7. The van der Waals surface area contributed by atoms with Crippen LogP contribution in [-0.2, 0) is 4.74 Å². The number of carbonyl (C=O) groups is 2. The van der Waals surface area contributed by atoms with Gasteiger partial charge in [-0.05, 0) is 77.3 Å². The first kappa shape index (κ1) is 22.0. The lowest BCUT2D eigenvalue weighted by atomic mass is 10.1. The quantitative estimate of drug-likeness (QED) is 0.453. The zero-order chi connectivity index (χ0) is 22.3. The van der Waals surface area contributed by atoms with E-state index in [2.05, 4.69) is 26.6 Å². The highest BCUT2D eigenvalue weighted by Crippen LogP contribution is 2.23. The van der Waals surface area contributed by atoms with Crippen molar-refractivity contribution in [1.82, 2.24) is 0 Å². The molecule has 164 valence electrons. The molecule has 32 heavy (non-hydrogen) atoms. The van der Waals surface area contributed by atoms with Gasteiger partial charge in [-0.15, -0.1) is 0 Å². The maximum Gasteiger partial charge on any atom is 0.257 e. The molecule has 0 aromatic heterocycles. The van der Waals surface area contributed by atoms with E-state index in [-0.39, 0.29) is 17.9 Å². The zero-order valence-electron chi connectivity index (χ0n) is 17.3. The molecule has 7 heteroatoms. The van der Waals surface area contributed by atoms with Gasteiger partial charge in [-0.3, -0.25) is 9.59 Å². The van der Waals surface area contributed by atoms with Gasteiger partial charge in [0.05, 0.1) is 22.9 Å². The third kappa shape index (κ3) is 5.55. The number of amides is 2. The minimum absolute atomic E-state index is 0.151. The van der Waals surface area contributed by atoms with Crippen molar-refractivity contribution in [3.63, 3.8) is 0 Å². The second-order valence-electron chi connectivity index (χ2n) is 7.40. The number of ether oxygens (including phenoxy) is 2. The molecule has 1 heterocycles. The summed E-state index contributed by atoms with van der Waals surface area (Å²) in [5.41, 5.74) is 1.92. The summed E-state index contributed by atoms with van der Waals surface area (Å²) < 4.78 is 12.0. The van der Waals surface area contributed by atoms with Crippen molar-refractivity contribution in [3.05, 3.63) is 88.4 Å². The first-order valence-corrected chi connectivity index (χ1v) is 11.2. The molecule has 0 radical (unpaired) electrons. The molecule has 0 bridgehead atoms. The van der Waals surface area contributed by atoms with Crippen LogP contribution in [0.25, 0.3) is 0 Å². The Kier molecular flexibility index (Phi) is 7.19. The standard InChI is InChI=1S/C25H23BrN2O4/c26-22-9-3-1-7-20(22)24(29)28-23-10-4-2-8-21(23)25(30)27-17-11-13-18(14-12-17)32-16-19-6-5-15-31-19/h1-4,7-14,19H,5-6,15-16H2,(H,27,30)(H,28,29). The van der Waals surface area contributed by atoms with Gasteiger partial charge in [-0.1, -0.05) is 24.3 Å². The number of anilines is 2. The molecule has 1 aliphatic rings. The fraction of sp³-hybridized carbons (Fsp3) is 0.200. The largest absolute Gasteiger partial charge is 0.491 e. The Hall–Kier alpha value is -3.16. The molecule has 1 fully saturated rings. The van der Waals surface area contributed by atoms with Crippen LogP contribution in [0.1, 0.15) is 33.6 Å². The van der Waals surface area contributed by atoms with Crippen molar-refractivity contribution >= 4 is 39.1 Å². The van der Waals surface area contributed by atoms with E-state index in [1.165, 1.54) is 0 Å². The van der Waals surface area contributed by atoms with E-state index in [0.717, 1.165) is 25.2 Å². The fourth-order valence-electron chi connectivity index (χ4n) is 3.42. The van der Waals surface area contributed by atoms with Crippen molar-refractivity contribution in [2.24, 2.45) is 0 Å². The van der Waals surface area contributed by atoms with E-state index in [9.17, 15) is 9.59 Å². The van der Waals surface area contributed by atoms with Gasteiger partial charge < -0.3 is 20.1 Å². The molecule has 1 aliphatic heterocycles. The predicted molar refractivity (Wildman–Crippen MR) is 127 cm³/mol. The normalized spacial score (nSPS) is 15.2. The van der Waals surface area contributed by atoms with E-state index in [4.69, 9.17) is 9.47 Å². The fourth-order valence-corrected chi connectivity index (χ4v) is 3.89. The molecular weight excluding hydrogens is 472 g/mol. The number of nitrogens with one attached hydrogen (secondary N) is 2. The van der Waals surface area contributed by atoms with Gasteiger partial charge in [-0.2, -0.15) is 0 Å². The number of para-hydroxylation sites is 1. The highest BCUT2D eigenvalue weighted by molar-refractivity contribution is 9.10. The van der Waals surface area contributed by atoms with Gasteiger partial charge in [0.2, 0.25) is 0 Å². The number of halogens is 1. The Balaban J connectivity index is 1.40. The van der Waals surface area contributed by atoms with E-state index >= 15 is 0 Å². The van der Waals surface area contributed by atoms with Crippen LogP contribution < -0.4 is 15.4 Å². The second kappa shape index (κ2) is 10.4. The summed E-state index contributed by atoms with van der Waals surface area (Å²) in [6.45, 7) is 1.32. The molecule has 3 aromatic carbocycles. The summed E-state index contributed by atoms with van der Waals surface area (Å²) >= 11 is 3.38. The first-order chi connectivity index (χ1) is 15.6.